The number of carbonyl (C=O) groups is 2. The van der Waals surface area contributed by atoms with Crippen molar-refractivity contribution in [3.05, 3.63) is 52.8 Å². The van der Waals surface area contributed by atoms with Crippen LogP contribution in [0.3, 0.4) is 0 Å². The molecule has 1 aromatic heterocycles. The topological polar surface area (TPSA) is 74.3 Å². The largest absolute Gasteiger partial charge is 0.336 e. The number of urea groups is 1. The van der Waals surface area contributed by atoms with E-state index in [0.717, 1.165) is 10.2 Å². The molecule has 0 saturated carbocycles. The summed E-state index contributed by atoms with van der Waals surface area (Å²) in [6, 6.07) is 8.76. The Morgan fingerprint density at radius 3 is 2.91 bits per heavy atom. The van der Waals surface area contributed by atoms with E-state index in [1.807, 2.05) is 6.07 Å². The maximum atomic E-state index is 12.2. The Hall–Kier alpha value is -2.41. The molecule has 1 aliphatic rings. The van der Waals surface area contributed by atoms with Crippen LogP contribution in [0.25, 0.3) is 0 Å². The van der Waals surface area contributed by atoms with Gasteiger partial charge in [0.2, 0.25) is 0 Å². The smallest absolute Gasteiger partial charge is 0.321 e. The zero-order chi connectivity index (χ0) is 15.5. The average molecular weight is 361 g/mol. The Balaban J connectivity index is 1.78. The monoisotopic (exact) mass is 360 g/mol. The molecule has 7 heteroatoms. The van der Waals surface area contributed by atoms with Crippen molar-refractivity contribution in [2.75, 3.05) is 23.3 Å². The Bertz CT molecular complexity index is 735. The summed E-state index contributed by atoms with van der Waals surface area (Å²) in [5, 5.41) is 5.55. The number of nitrogens with one attached hydrogen (secondary N) is 2. The van der Waals surface area contributed by atoms with Gasteiger partial charge in [0.25, 0.3) is 5.91 Å². The Kier molecular flexibility index (Phi) is 4.06. The van der Waals surface area contributed by atoms with E-state index in [9.17, 15) is 9.59 Å². The number of rotatable bonds is 3. The van der Waals surface area contributed by atoms with Crippen LogP contribution in [-0.2, 0) is 0 Å². The third-order valence-corrected chi connectivity index (χ3v) is 3.67. The second kappa shape index (κ2) is 6.15. The van der Waals surface area contributed by atoms with Crippen LogP contribution in [0.5, 0.6) is 0 Å². The van der Waals surface area contributed by atoms with Crippen LogP contribution in [0.1, 0.15) is 10.4 Å². The van der Waals surface area contributed by atoms with Crippen molar-refractivity contribution in [1.29, 1.82) is 0 Å². The number of aromatic nitrogens is 1. The number of amides is 3. The summed E-state index contributed by atoms with van der Waals surface area (Å²) in [6.45, 7) is 1.24. The van der Waals surface area contributed by atoms with Crippen LogP contribution in [0.2, 0.25) is 0 Å². The lowest BCUT2D eigenvalue weighted by molar-refractivity contribution is 0.102. The highest BCUT2D eigenvalue weighted by atomic mass is 79.9. The quantitative estimate of drug-likeness (QED) is 0.883. The van der Waals surface area contributed by atoms with Crippen LogP contribution < -0.4 is 15.5 Å². The predicted octanol–water partition coefficient (Wildman–Crippen LogP) is 2.63. The number of hydrogen-bond acceptors (Lipinski definition) is 3. The number of halogens is 1. The zero-order valence-electron chi connectivity index (χ0n) is 11.5. The number of nitrogens with zero attached hydrogens (tertiary/aromatic N) is 2. The van der Waals surface area contributed by atoms with Crippen LogP contribution in [0.4, 0.5) is 16.2 Å². The molecule has 6 nitrogen and oxygen atoms in total. The lowest BCUT2D eigenvalue weighted by Gasteiger charge is -2.15. The van der Waals surface area contributed by atoms with Crippen molar-refractivity contribution in [2.24, 2.45) is 0 Å². The van der Waals surface area contributed by atoms with E-state index in [2.05, 4.69) is 31.5 Å². The summed E-state index contributed by atoms with van der Waals surface area (Å²) in [5.74, 6) is -0.253. The molecule has 0 atom stereocenters. The number of benzene rings is 1. The molecule has 0 unspecified atom stereocenters. The molecule has 3 rings (SSSR count). The van der Waals surface area contributed by atoms with Gasteiger partial charge < -0.3 is 10.6 Å². The molecule has 1 saturated heterocycles. The molecule has 1 aromatic carbocycles. The number of anilines is 2. The van der Waals surface area contributed by atoms with Crippen LogP contribution >= 0.6 is 15.9 Å². The molecule has 2 aromatic rings. The minimum absolute atomic E-state index is 0.125. The van der Waals surface area contributed by atoms with E-state index in [4.69, 9.17) is 0 Å². The maximum absolute atomic E-state index is 12.2. The Morgan fingerprint density at radius 1 is 1.32 bits per heavy atom. The van der Waals surface area contributed by atoms with Crippen molar-refractivity contribution in [2.45, 2.75) is 0 Å². The SMILES string of the molecule is O=C(Nc1cccc(N2CCNC2=O)c1)c1cncc(Br)c1. The van der Waals surface area contributed by atoms with Crippen LogP contribution in [0.15, 0.2) is 47.2 Å². The Labute approximate surface area is 135 Å². The van der Waals surface area contributed by atoms with Crippen molar-refractivity contribution >= 4 is 39.2 Å². The summed E-state index contributed by atoms with van der Waals surface area (Å²) in [6.07, 6.45) is 3.11. The van der Waals surface area contributed by atoms with Crippen LogP contribution in [-0.4, -0.2) is 30.0 Å². The summed E-state index contributed by atoms with van der Waals surface area (Å²) in [7, 11) is 0. The third kappa shape index (κ3) is 3.09. The van der Waals surface area contributed by atoms with Gasteiger partial charge in [-0.2, -0.15) is 0 Å². The molecule has 1 aliphatic heterocycles. The average Bonchev–Trinajstić information content (AvgIpc) is 2.94. The van der Waals surface area contributed by atoms with Gasteiger partial charge in [-0.25, -0.2) is 4.79 Å². The highest BCUT2D eigenvalue weighted by Gasteiger charge is 2.21. The summed E-state index contributed by atoms with van der Waals surface area (Å²) >= 11 is 3.29. The highest BCUT2D eigenvalue weighted by Crippen LogP contribution is 2.21. The van der Waals surface area contributed by atoms with Gasteiger partial charge in [0.15, 0.2) is 0 Å². The van der Waals surface area contributed by atoms with Crippen molar-refractivity contribution < 1.29 is 9.59 Å². The fraction of sp³-hybridized carbons (Fsp3) is 0.133. The first-order valence-electron chi connectivity index (χ1n) is 6.71. The maximum Gasteiger partial charge on any atom is 0.321 e. The minimum Gasteiger partial charge on any atom is -0.336 e. The van der Waals surface area contributed by atoms with Gasteiger partial charge in [-0.05, 0) is 40.2 Å². The molecule has 2 heterocycles. The van der Waals surface area contributed by atoms with Gasteiger partial charge in [-0.1, -0.05) is 6.07 Å². The summed E-state index contributed by atoms with van der Waals surface area (Å²) in [5.41, 5.74) is 1.83. The Morgan fingerprint density at radius 2 is 2.18 bits per heavy atom. The summed E-state index contributed by atoms with van der Waals surface area (Å²) < 4.78 is 0.739. The number of hydrogen-bond donors (Lipinski definition) is 2. The first-order valence-corrected chi connectivity index (χ1v) is 7.50. The van der Waals surface area contributed by atoms with Crippen molar-refractivity contribution in [1.82, 2.24) is 10.3 Å². The van der Waals surface area contributed by atoms with Crippen molar-refractivity contribution in [3.8, 4) is 0 Å². The van der Waals surface area contributed by atoms with Gasteiger partial charge in [0.1, 0.15) is 0 Å². The van der Waals surface area contributed by atoms with E-state index in [-0.39, 0.29) is 11.9 Å². The number of pyridine rings is 1. The molecule has 3 amide bonds. The lowest BCUT2D eigenvalue weighted by Crippen LogP contribution is -2.27. The fourth-order valence-electron chi connectivity index (χ4n) is 2.21. The standard InChI is InChI=1S/C15H13BrN4O2/c16-11-6-10(8-17-9-11)14(21)19-12-2-1-3-13(7-12)20-5-4-18-15(20)22/h1-3,6-9H,4-5H2,(H,18,22)(H,19,21). The predicted molar refractivity (Wildman–Crippen MR) is 87.1 cm³/mol. The first-order chi connectivity index (χ1) is 10.6. The summed E-state index contributed by atoms with van der Waals surface area (Å²) in [4.78, 5) is 29.5. The van der Waals surface area contributed by atoms with E-state index in [0.29, 0.717) is 24.3 Å². The van der Waals surface area contributed by atoms with E-state index in [1.54, 1.807) is 35.4 Å². The molecular formula is C15H13BrN4O2. The minimum atomic E-state index is -0.253. The first kappa shape index (κ1) is 14.5. The van der Waals surface area contributed by atoms with E-state index < -0.39 is 0 Å². The molecule has 22 heavy (non-hydrogen) atoms. The van der Waals surface area contributed by atoms with Gasteiger partial charge in [-0.15, -0.1) is 0 Å². The van der Waals surface area contributed by atoms with E-state index >= 15 is 0 Å². The second-order valence-electron chi connectivity index (χ2n) is 4.78. The molecule has 0 bridgehead atoms. The van der Waals surface area contributed by atoms with Gasteiger partial charge in [0, 0.05) is 41.3 Å². The van der Waals surface area contributed by atoms with Crippen LogP contribution in [0, 0.1) is 0 Å². The van der Waals surface area contributed by atoms with E-state index in [1.165, 1.54) is 6.20 Å². The fourth-order valence-corrected chi connectivity index (χ4v) is 2.57. The molecule has 2 N–H and O–H groups in total. The molecule has 1 fully saturated rings. The zero-order valence-corrected chi connectivity index (χ0v) is 13.1. The second-order valence-corrected chi connectivity index (χ2v) is 5.70. The van der Waals surface area contributed by atoms with Crippen molar-refractivity contribution in [3.63, 3.8) is 0 Å². The molecule has 0 aliphatic carbocycles. The highest BCUT2D eigenvalue weighted by molar-refractivity contribution is 9.10. The lowest BCUT2D eigenvalue weighted by atomic mass is 10.2. The molecule has 0 radical (unpaired) electrons. The molecule has 112 valence electrons. The van der Waals surface area contributed by atoms with Gasteiger partial charge in [0.05, 0.1) is 5.56 Å². The molecule has 0 spiro atoms. The van der Waals surface area contributed by atoms with Gasteiger partial charge >= 0.3 is 6.03 Å². The third-order valence-electron chi connectivity index (χ3n) is 3.24. The normalized spacial score (nSPS) is 13.9. The van der Waals surface area contributed by atoms with Gasteiger partial charge in [-0.3, -0.25) is 14.7 Å². The molecular weight excluding hydrogens is 348 g/mol. The number of carbonyl (C=O) groups excluding carboxylic acids is 2.